The van der Waals surface area contributed by atoms with Crippen molar-refractivity contribution in [2.45, 2.75) is 0 Å². The van der Waals surface area contributed by atoms with Crippen LogP contribution in [0.1, 0.15) is 5.56 Å². The van der Waals surface area contributed by atoms with Crippen LogP contribution in [0.4, 0.5) is 8.78 Å². The van der Waals surface area contributed by atoms with Crippen LogP contribution in [0.5, 0.6) is 5.75 Å². The zero-order valence-electron chi connectivity index (χ0n) is 6.24. The van der Waals surface area contributed by atoms with Crippen LogP contribution in [-0.4, -0.2) is 10.9 Å². The summed E-state index contributed by atoms with van der Waals surface area (Å²) in [5.41, 5.74) is 4.19. The highest BCUT2D eigenvalue weighted by Crippen LogP contribution is 2.30. The van der Waals surface area contributed by atoms with Gasteiger partial charge in [0, 0.05) is 0 Å². The summed E-state index contributed by atoms with van der Waals surface area (Å²) in [4.78, 5) is 0. The number of halogens is 3. The summed E-state index contributed by atoms with van der Waals surface area (Å²) in [6, 6.07) is 0.610. The number of hydrogen-bond acceptors (Lipinski definition) is 2. The monoisotopic (exact) mass is 206 g/mol. The maximum atomic E-state index is 12.9. The van der Waals surface area contributed by atoms with Crippen molar-refractivity contribution in [2.75, 3.05) is 0 Å². The Morgan fingerprint density at radius 1 is 1.54 bits per heavy atom. The molecule has 3 nitrogen and oxygen atoms in total. The molecule has 4 N–H and O–H groups in total. The zero-order chi connectivity index (χ0) is 10.2. The number of hydrogen-bond donors (Lipinski definition) is 3. The summed E-state index contributed by atoms with van der Waals surface area (Å²) in [5, 5.41) is 15.6. The first kappa shape index (κ1) is 9.73. The normalized spacial score (nSPS) is 10.1. The third-order valence-corrected chi connectivity index (χ3v) is 1.70. The van der Waals surface area contributed by atoms with Gasteiger partial charge in [0.15, 0.2) is 11.6 Å². The number of aromatic hydroxyl groups is 1. The highest BCUT2D eigenvalue weighted by atomic mass is 35.5. The number of nitrogens with one attached hydrogen (secondary N) is 1. The summed E-state index contributed by atoms with van der Waals surface area (Å²) in [5.74, 6) is -4.15. The Morgan fingerprint density at radius 2 is 2.08 bits per heavy atom. The molecule has 0 unspecified atom stereocenters. The van der Waals surface area contributed by atoms with Crippen molar-refractivity contribution in [1.82, 2.24) is 0 Å². The van der Waals surface area contributed by atoms with Crippen molar-refractivity contribution in [2.24, 2.45) is 5.73 Å². The summed E-state index contributed by atoms with van der Waals surface area (Å²) in [6.07, 6.45) is 0. The van der Waals surface area contributed by atoms with Crippen molar-refractivity contribution < 1.29 is 13.9 Å². The van der Waals surface area contributed by atoms with Gasteiger partial charge in [-0.15, -0.1) is 0 Å². The molecule has 6 heteroatoms. The van der Waals surface area contributed by atoms with Crippen LogP contribution in [0.25, 0.3) is 0 Å². The van der Waals surface area contributed by atoms with E-state index in [1.54, 1.807) is 0 Å². The molecule has 0 aromatic heterocycles. The minimum atomic E-state index is -1.38. The first-order chi connectivity index (χ1) is 5.95. The molecule has 0 spiro atoms. The van der Waals surface area contributed by atoms with Gasteiger partial charge in [-0.1, -0.05) is 11.6 Å². The molecular formula is C7H5ClF2N2O. The summed E-state index contributed by atoms with van der Waals surface area (Å²) in [6.45, 7) is 0. The minimum Gasteiger partial charge on any atom is -0.505 e. The van der Waals surface area contributed by atoms with Gasteiger partial charge in [0.05, 0.1) is 10.6 Å². The van der Waals surface area contributed by atoms with Crippen molar-refractivity contribution >= 4 is 17.4 Å². The van der Waals surface area contributed by atoms with E-state index in [9.17, 15) is 8.78 Å². The Balaban J connectivity index is 3.56. The van der Waals surface area contributed by atoms with E-state index in [1.807, 2.05) is 0 Å². The first-order valence-corrected chi connectivity index (χ1v) is 3.53. The molecule has 0 heterocycles. The molecule has 0 atom stereocenters. The van der Waals surface area contributed by atoms with E-state index in [1.165, 1.54) is 0 Å². The Morgan fingerprint density at radius 3 is 2.54 bits per heavy atom. The van der Waals surface area contributed by atoms with Crippen molar-refractivity contribution in [1.29, 1.82) is 5.41 Å². The number of amidine groups is 1. The molecule has 0 amide bonds. The van der Waals surface area contributed by atoms with Crippen LogP contribution in [0.3, 0.4) is 0 Å². The lowest BCUT2D eigenvalue weighted by Crippen LogP contribution is -2.14. The highest BCUT2D eigenvalue weighted by Gasteiger charge is 2.18. The fraction of sp³-hybridized carbons (Fsp3) is 0. The summed E-state index contributed by atoms with van der Waals surface area (Å²) in [7, 11) is 0. The average Bonchev–Trinajstić information content (AvgIpc) is 2.01. The second-order valence-corrected chi connectivity index (χ2v) is 2.70. The van der Waals surface area contributed by atoms with E-state index in [2.05, 4.69) is 0 Å². The van der Waals surface area contributed by atoms with E-state index < -0.39 is 28.8 Å². The van der Waals surface area contributed by atoms with Gasteiger partial charge in [0.1, 0.15) is 11.6 Å². The molecule has 0 saturated carbocycles. The van der Waals surface area contributed by atoms with Crippen LogP contribution in [0.2, 0.25) is 5.02 Å². The maximum Gasteiger partial charge on any atom is 0.173 e. The van der Waals surface area contributed by atoms with E-state index in [4.69, 9.17) is 27.9 Å². The Labute approximate surface area is 77.3 Å². The number of phenols is 1. The highest BCUT2D eigenvalue weighted by molar-refractivity contribution is 6.32. The minimum absolute atomic E-state index is 0.385. The van der Waals surface area contributed by atoms with Gasteiger partial charge in [0.25, 0.3) is 0 Å². The average molecular weight is 207 g/mol. The van der Waals surface area contributed by atoms with Crippen LogP contribution in [0, 0.1) is 17.0 Å². The number of benzene rings is 1. The molecule has 1 aromatic rings. The summed E-state index contributed by atoms with van der Waals surface area (Å²) < 4.78 is 25.5. The number of nitrogens with two attached hydrogens (primary N) is 1. The lowest BCUT2D eigenvalue weighted by Gasteiger charge is -2.06. The van der Waals surface area contributed by atoms with Crippen molar-refractivity contribution in [3.8, 4) is 5.75 Å². The van der Waals surface area contributed by atoms with Crippen LogP contribution >= 0.6 is 11.6 Å². The third kappa shape index (κ3) is 1.55. The molecule has 0 aliphatic rings. The lowest BCUT2D eigenvalue weighted by atomic mass is 10.1. The van der Waals surface area contributed by atoms with Crippen LogP contribution in [0.15, 0.2) is 6.07 Å². The van der Waals surface area contributed by atoms with E-state index in [-0.39, 0.29) is 5.02 Å². The molecule has 0 radical (unpaired) electrons. The molecule has 0 bridgehead atoms. The topological polar surface area (TPSA) is 70.1 Å². The number of phenolic OH excluding ortho intramolecular Hbond substituents is 1. The second-order valence-electron chi connectivity index (χ2n) is 2.29. The predicted octanol–water partition coefficient (Wildman–Crippen LogP) is 1.61. The molecule has 1 rings (SSSR count). The van der Waals surface area contributed by atoms with E-state index in [0.29, 0.717) is 6.07 Å². The predicted molar refractivity (Wildman–Crippen MR) is 44.0 cm³/mol. The summed E-state index contributed by atoms with van der Waals surface area (Å²) >= 11 is 5.33. The smallest absolute Gasteiger partial charge is 0.173 e. The second kappa shape index (κ2) is 3.18. The van der Waals surface area contributed by atoms with Crippen LogP contribution in [-0.2, 0) is 0 Å². The van der Waals surface area contributed by atoms with Gasteiger partial charge in [0.2, 0.25) is 0 Å². The van der Waals surface area contributed by atoms with E-state index in [0.717, 1.165) is 0 Å². The van der Waals surface area contributed by atoms with Gasteiger partial charge in [-0.25, -0.2) is 8.78 Å². The molecular weight excluding hydrogens is 202 g/mol. The van der Waals surface area contributed by atoms with Crippen LogP contribution < -0.4 is 5.73 Å². The Hall–Kier alpha value is -1.36. The standard InChI is InChI=1S/C7H5ClF2N2O/c8-2-1-3(9)5(10)4(6(2)13)7(11)12/h1,13H,(H3,11,12). The van der Waals surface area contributed by atoms with Gasteiger partial charge in [-0.05, 0) is 6.07 Å². The largest absolute Gasteiger partial charge is 0.505 e. The number of rotatable bonds is 1. The van der Waals surface area contributed by atoms with Crippen molar-refractivity contribution in [3.63, 3.8) is 0 Å². The zero-order valence-corrected chi connectivity index (χ0v) is 6.99. The Kier molecular flexibility index (Phi) is 2.38. The SMILES string of the molecule is N=C(N)c1c(O)c(Cl)cc(F)c1F. The lowest BCUT2D eigenvalue weighted by molar-refractivity contribution is 0.452. The number of nitrogen functional groups attached to an aromatic ring is 1. The fourth-order valence-corrected chi connectivity index (χ4v) is 1.02. The Bertz CT molecular complexity index is 355. The molecule has 13 heavy (non-hydrogen) atoms. The molecule has 0 aliphatic heterocycles. The first-order valence-electron chi connectivity index (χ1n) is 3.16. The molecule has 1 aromatic carbocycles. The van der Waals surface area contributed by atoms with Crippen molar-refractivity contribution in [3.05, 3.63) is 28.3 Å². The third-order valence-electron chi connectivity index (χ3n) is 1.41. The van der Waals surface area contributed by atoms with E-state index >= 15 is 0 Å². The maximum absolute atomic E-state index is 12.9. The molecule has 0 saturated heterocycles. The van der Waals surface area contributed by atoms with Gasteiger partial charge in [-0.3, -0.25) is 5.41 Å². The quantitative estimate of drug-likeness (QED) is 0.371. The van der Waals surface area contributed by atoms with Gasteiger partial charge < -0.3 is 10.8 Å². The fourth-order valence-electron chi connectivity index (χ4n) is 0.832. The molecule has 0 aliphatic carbocycles. The molecule has 70 valence electrons. The van der Waals surface area contributed by atoms with Gasteiger partial charge in [-0.2, -0.15) is 0 Å². The van der Waals surface area contributed by atoms with Gasteiger partial charge >= 0.3 is 0 Å². The molecule has 0 fully saturated rings.